The predicted octanol–water partition coefficient (Wildman–Crippen LogP) is 2.92. The molecule has 1 saturated heterocycles. The largest absolute Gasteiger partial charge is 0.356 e. The molecule has 1 aliphatic carbocycles. The average Bonchev–Trinajstić information content (AvgIpc) is 2.72. The minimum Gasteiger partial charge on any atom is -0.356 e. The second-order valence-electron chi connectivity index (χ2n) is 8.00. The van der Waals surface area contributed by atoms with Crippen LogP contribution < -0.4 is 5.32 Å². The molecule has 1 heterocycles. The molecule has 0 bridgehead atoms. The summed E-state index contributed by atoms with van der Waals surface area (Å²) in [5.41, 5.74) is 0.0561. The Morgan fingerprint density at radius 1 is 1.12 bits per heavy atom. The summed E-state index contributed by atoms with van der Waals surface area (Å²) in [5, 5.41) is 2.81. The molecule has 1 aliphatic heterocycles. The zero-order chi connectivity index (χ0) is 18.1. The molecule has 134 valence electrons. The van der Waals surface area contributed by atoms with E-state index in [1.807, 2.05) is 0 Å². The lowest BCUT2D eigenvalue weighted by molar-refractivity contribution is -0.120. The third-order valence-electron chi connectivity index (χ3n) is 4.59. The highest BCUT2D eigenvalue weighted by atomic mass is 16.1. The van der Waals surface area contributed by atoms with Crippen LogP contribution in [0.5, 0.6) is 0 Å². The van der Waals surface area contributed by atoms with Crippen LogP contribution >= 0.6 is 0 Å². The lowest BCUT2D eigenvalue weighted by Crippen LogP contribution is -2.39. The van der Waals surface area contributed by atoms with E-state index < -0.39 is 0 Å². The molecule has 0 aromatic rings. The van der Waals surface area contributed by atoms with E-state index in [-0.39, 0.29) is 22.8 Å². The third kappa shape index (κ3) is 7.67. The second-order valence-corrected chi connectivity index (χ2v) is 8.00. The zero-order valence-corrected chi connectivity index (χ0v) is 15.1. The molecule has 2 fully saturated rings. The van der Waals surface area contributed by atoms with Crippen LogP contribution in [0.15, 0.2) is 9.98 Å². The first-order valence-corrected chi connectivity index (χ1v) is 8.68. The van der Waals surface area contributed by atoms with Crippen LogP contribution in [0.3, 0.4) is 0 Å². The van der Waals surface area contributed by atoms with Gasteiger partial charge in [0.25, 0.3) is 0 Å². The molecule has 2 unspecified atom stereocenters. The van der Waals surface area contributed by atoms with Gasteiger partial charge in [0.15, 0.2) is 0 Å². The van der Waals surface area contributed by atoms with Crippen LogP contribution in [0.1, 0.15) is 65.7 Å². The monoisotopic (exact) mass is 335 g/mol. The number of rotatable bonds is 3. The summed E-state index contributed by atoms with van der Waals surface area (Å²) in [6, 6.07) is 0.00750. The highest BCUT2D eigenvalue weighted by Gasteiger charge is 2.41. The Kier molecular flexibility index (Phi) is 8.03. The van der Waals surface area contributed by atoms with Crippen molar-refractivity contribution in [2.75, 3.05) is 13.1 Å². The van der Waals surface area contributed by atoms with E-state index in [9.17, 15) is 14.4 Å². The molecular formula is C18H29N3O3. The quantitative estimate of drug-likeness (QED) is 0.635. The molecule has 0 aromatic heterocycles. The second kappa shape index (κ2) is 9.51. The summed E-state index contributed by atoms with van der Waals surface area (Å²) in [7, 11) is 0. The third-order valence-corrected chi connectivity index (χ3v) is 4.59. The maximum Gasteiger partial charge on any atom is 0.235 e. The number of nitrogens with zero attached hydrogens (tertiary/aromatic N) is 2. The Morgan fingerprint density at radius 3 is 2.54 bits per heavy atom. The van der Waals surface area contributed by atoms with Gasteiger partial charge in [-0.1, -0.05) is 27.2 Å². The Hall–Kier alpha value is -1.77. The summed E-state index contributed by atoms with van der Waals surface area (Å²) in [4.78, 5) is 38.6. The molecule has 2 aliphatic rings. The normalized spacial score (nSPS) is 28.8. The van der Waals surface area contributed by atoms with Gasteiger partial charge in [-0.2, -0.15) is 0 Å². The Morgan fingerprint density at radius 2 is 1.88 bits per heavy atom. The molecule has 0 spiro atoms. The Balaban J connectivity index is 0.000000300. The van der Waals surface area contributed by atoms with Gasteiger partial charge in [0, 0.05) is 13.0 Å². The van der Waals surface area contributed by atoms with E-state index in [0.717, 1.165) is 45.1 Å². The number of isocyanates is 2. The van der Waals surface area contributed by atoms with Crippen molar-refractivity contribution in [3.8, 4) is 0 Å². The van der Waals surface area contributed by atoms with Crippen molar-refractivity contribution < 1.29 is 14.4 Å². The first-order valence-electron chi connectivity index (χ1n) is 8.68. The lowest BCUT2D eigenvalue weighted by atomic mass is 9.63. The van der Waals surface area contributed by atoms with Crippen molar-refractivity contribution in [2.45, 2.75) is 71.8 Å². The number of amides is 1. The van der Waals surface area contributed by atoms with Crippen LogP contribution in [0, 0.1) is 10.8 Å². The summed E-state index contributed by atoms with van der Waals surface area (Å²) >= 11 is 0. The van der Waals surface area contributed by atoms with Gasteiger partial charge < -0.3 is 5.32 Å². The highest BCUT2D eigenvalue weighted by molar-refractivity contribution is 5.75. The molecule has 24 heavy (non-hydrogen) atoms. The van der Waals surface area contributed by atoms with Crippen molar-refractivity contribution in [3.05, 3.63) is 0 Å². The van der Waals surface area contributed by atoms with Gasteiger partial charge in [-0.15, -0.1) is 0 Å². The lowest BCUT2D eigenvalue weighted by Gasteiger charge is -2.44. The van der Waals surface area contributed by atoms with Gasteiger partial charge in [-0.3, -0.25) is 4.79 Å². The fourth-order valence-electron chi connectivity index (χ4n) is 3.99. The average molecular weight is 335 g/mol. The van der Waals surface area contributed by atoms with Crippen LogP contribution in [0.4, 0.5) is 0 Å². The summed E-state index contributed by atoms with van der Waals surface area (Å²) in [5.74, 6) is 0.225. The summed E-state index contributed by atoms with van der Waals surface area (Å²) < 4.78 is 0. The maximum absolute atomic E-state index is 10.6. The van der Waals surface area contributed by atoms with Gasteiger partial charge in [0.1, 0.15) is 0 Å². The van der Waals surface area contributed by atoms with E-state index in [0.29, 0.717) is 6.54 Å². The molecule has 1 saturated carbocycles. The number of aliphatic imine (C=N–C) groups is 2. The van der Waals surface area contributed by atoms with Crippen molar-refractivity contribution >= 4 is 18.1 Å². The standard InChI is InChI=1S/C12H18N2O2.C6H11NO/c1-11(2)4-10(14-9-16)5-12(3,6-11)7-13-8-15;8-6-4-2-1-3-5-7-6/h10H,4-7H2,1-3H3;1-5H2,(H,7,8). The Labute approximate surface area is 144 Å². The van der Waals surface area contributed by atoms with Crippen LogP contribution in [-0.4, -0.2) is 37.2 Å². The van der Waals surface area contributed by atoms with E-state index in [1.54, 1.807) is 12.2 Å². The summed E-state index contributed by atoms with van der Waals surface area (Å²) in [6.45, 7) is 7.75. The predicted molar refractivity (Wildman–Crippen MR) is 92.1 cm³/mol. The molecule has 2 atom stereocenters. The van der Waals surface area contributed by atoms with E-state index in [2.05, 4.69) is 36.1 Å². The molecule has 1 N–H and O–H groups in total. The first kappa shape index (κ1) is 20.3. The highest BCUT2D eigenvalue weighted by Crippen LogP contribution is 2.47. The van der Waals surface area contributed by atoms with Gasteiger partial charge in [0.2, 0.25) is 18.1 Å². The molecule has 6 nitrogen and oxygen atoms in total. The minimum absolute atomic E-state index is 0.00750. The number of hydrogen-bond acceptors (Lipinski definition) is 5. The van der Waals surface area contributed by atoms with Crippen LogP contribution in [0.2, 0.25) is 0 Å². The fraction of sp³-hybridized carbons (Fsp3) is 0.833. The van der Waals surface area contributed by atoms with E-state index in [4.69, 9.17) is 0 Å². The molecular weight excluding hydrogens is 306 g/mol. The zero-order valence-electron chi connectivity index (χ0n) is 15.1. The van der Waals surface area contributed by atoms with Crippen molar-refractivity contribution in [1.82, 2.24) is 5.32 Å². The molecule has 0 aromatic carbocycles. The number of carbonyl (C=O) groups is 1. The first-order chi connectivity index (χ1) is 11.3. The van der Waals surface area contributed by atoms with Gasteiger partial charge >= 0.3 is 0 Å². The van der Waals surface area contributed by atoms with Crippen molar-refractivity contribution in [2.24, 2.45) is 20.8 Å². The molecule has 1 amide bonds. The number of hydrogen-bond donors (Lipinski definition) is 1. The SMILES string of the molecule is CC1(C)CC(N=C=O)CC(C)(CN=C=O)C1.O=C1CCCCCN1. The van der Waals surface area contributed by atoms with E-state index in [1.165, 1.54) is 6.42 Å². The molecule has 0 radical (unpaired) electrons. The van der Waals surface area contributed by atoms with Crippen LogP contribution in [-0.2, 0) is 14.4 Å². The smallest absolute Gasteiger partial charge is 0.235 e. The van der Waals surface area contributed by atoms with Gasteiger partial charge in [-0.05, 0) is 42.9 Å². The number of carbonyl (C=O) groups excluding carboxylic acids is 3. The minimum atomic E-state index is -0.0653. The van der Waals surface area contributed by atoms with Crippen LogP contribution in [0.25, 0.3) is 0 Å². The Bertz CT molecular complexity index is 510. The van der Waals surface area contributed by atoms with Gasteiger partial charge in [0.05, 0.1) is 12.6 Å². The topological polar surface area (TPSA) is 88.0 Å². The fourth-order valence-corrected chi connectivity index (χ4v) is 3.99. The van der Waals surface area contributed by atoms with Crippen molar-refractivity contribution in [1.29, 1.82) is 0 Å². The summed E-state index contributed by atoms with van der Waals surface area (Å²) in [6.07, 6.45) is 10.1. The number of nitrogens with one attached hydrogen (secondary N) is 1. The van der Waals surface area contributed by atoms with Gasteiger partial charge in [-0.25, -0.2) is 19.6 Å². The molecule has 2 rings (SSSR count). The molecule has 6 heteroatoms. The van der Waals surface area contributed by atoms with E-state index >= 15 is 0 Å². The van der Waals surface area contributed by atoms with Crippen molar-refractivity contribution in [3.63, 3.8) is 0 Å². The maximum atomic E-state index is 10.6.